The van der Waals surface area contributed by atoms with Crippen LogP contribution in [0, 0.1) is 0 Å². The Balaban J connectivity index is 1.83. The average molecular weight is 386 g/mol. The van der Waals surface area contributed by atoms with Crippen molar-refractivity contribution in [3.63, 3.8) is 0 Å². The Hall–Kier alpha value is -2.78. The molecule has 0 saturated heterocycles. The Morgan fingerprint density at radius 3 is 2.67 bits per heavy atom. The summed E-state index contributed by atoms with van der Waals surface area (Å²) in [6, 6.07) is 3.72. The highest BCUT2D eigenvalue weighted by molar-refractivity contribution is 7.20. The van der Waals surface area contributed by atoms with E-state index in [1.54, 1.807) is 25.2 Å². The predicted octanol–water partition coefficient (Wildman–Crippen LogP) is 1.86. The average Bonchev–Trinajstić information content (AvgIpc) is 3.17. The first-order valence-corrected chi connectivity index (χ1v) is 9.19. The highest BCUT2D eigenvalue weighted by Gasteiger charge is 2.17. The van der Waals surface area contributed by atoms with Gasteiger partial charge in [0.2, 0.25) is 0 Å². The zero-order valence-electron chi connectivity index (χ0n) is 15.7. The fourth-order valence-corrected chi connectivity index (χ4v) is 3.47. The van der Waals surface area contributed by atoms with Crippen LogP contribution in [0.3, 0.4) is 0 Å². The summed E-state index contributed by atoms with van der Waals surface area (Å²) in [6.07, 6.45) is 3.01. The summed E-state index contributed by atoms with van der Waals surface area (Å²) in [4.78, 5) is 38.3. The second-order valence-corrected chi connectivity index (χ2v) is 8.32. The van der Waals surface area contributed by atoms with Crippen LogP contribution in [0.4, 0.5) is 0 Å². The number of aromatic amines is 1. The number of nitrogens with two attached hydrogens (primary N) is 1. The monoisotopic (exact) mass is 386 g/mol. The molecule has 142 valence electrons. The highest BCUT2D eigenvalue weighted by atomic mass is 32.1. The Morgan fingerprint density at radius 2 is 2.04 bits per heavy atom. The fourth-order valence-electron chi connectivity index (χ4n) is 2.39. The SMILES string of the molecule is CN(C)C(=O)c1cc2[nH]c(-c3cncc(C(=O)NCC(C)(C)N)n3)cc2s1. The van der Waals surface area contributed by atoms with Gasteiger partial charge in [0.25, 0.3) is 11.8 Å². The molecule has 0 aliphatic heterocycles. The summed E-state index contributed by atoms with van der Waals surface area (Å²) in [5, 5.41) is 2.75. The summed E-state index contributed by atoms with van der Waals surface area (Å²) < 4.78 is 0.941. The predicted molar refractivity (Wildman–Crippen MR) is 106 cm³/mol. The van der Waals surface area contributed by atoms with Crippen molar-refractivity contribution in [1.29, 1.82) is 0 Å². The number of hydrogen-bond donors (Lipinski definition) is 3. The molecule has 2 amide bonds. The number of nitrogens with one attached hydrogen (secondary N) is 2. The second kappa shape index (κ2) is 7.09. The van der Waals surface area contributed by atoms with Crippen LogP contribution in [0.5, 0.6) is 0 Å². The molecule has 27 heavy (non-hydrogen) atoms. The summed E-state index contributed by atoms with van der Waals surface area (Å²) >= 11 is 1.41. The van der Waals surface area contributed by atoms with Gasteiger partial charge in [0.15, 0.2) is 0 Å². The van der Waals surface area contributed by atoms with Crippen molar-refractivity contribution < 1.29 is 9.59 Å². The Labute approximate surface area is 160 Å². The molecule has 3 aromatic heterocycles. The Bertz CT molecular complexity index is 967. The molecule has 0 atom stereocenters. The van der Waals surface area contributed by atoms with Gasteiger partial charge in [-0.2, -0.15) is 0 Å². The van der Waals surface area contributed by atoms with E-state index in [1.807, 2.05) is 26.0 Å². The molecule has 0 spiro atoms. The first-order chi connectivity index (χ1) is 12.6. The lowest BCUT2D eigenvalue weighted by Crippen LogP contribution is -2.45. The molecule has 0 aliphatic rings. The molecule has 0 unspecified atom stereocenters. The Morgan fingerprint density at radius 1 is 1.30 bits per heavy atom. The molecule has 4 N–H and O–H groups in total. The van der Waals surface area contributed by atoms with E-state index in [-0.39, 0.29) is 17.5 Å². The summed E-state index contributed by atoms with van der Waals surface area (Å²) in [6.45, 7) is 3.99. The number of carbonyl (C=O) groups is 2. The number of nitrogens with zero attached hydrogens (tertiary/aromatic N) is 3. The number of rotatable bonds is 5. The topological polar surface area (TPSA) is 117 Å². The van der Waals surface area contributed by atoms with Crippen LogP contribution in [0.1, 0.15) is 34.0 Å². The van der Waals surface area contributed by atoms with Crippen LogP contribution in [0.25, 0.3) is 21.6 Å². The molecular weight excluding hydrogens is 364 g/mol. The molecule has 0 radical (unpaired) electrons. The third kappa shape index (κ3) is 4.32. The van der Waals surface area contributed by atoms with Gasteiger partial charge in [-0.25, -0.2) is 4.98 Å². The zero-order valence-corrected chi connectivity index (χ0v) is 16.5. The van der Waals surface area contributed by atoms with Crippen LogP contribution < -0.4 is 11.1 Å². The van der Waals surface area contributed by atoms with E-state index in [2.05, 4.69) is 20.3 Å². The van der Waals surface area contributed by atoms with Gasteiger partial charge in [0.05, 0.1) is 33.2 Å². The zero-order chi connectivity index (χ0) is 19.8. The number of fused-ring (bicyclic) bond motifs is 1. The molecule has 3 rings (SSSR count). The number of carbonyl (C=O) groups excluding carboxylic acids is 2. The van der Waals surface area contributed by atoms with Gasteiger partial charge in [-0.15, -0.1) is 11.3 Å². The van der Waals surface area contributed by atoms with Gasteiger partial charge < -0.3 is 20.9 Å². The van der Waals surface area contributed by atoms with Crippen LogP contribution in [0.15, 0.2) is 24.5 Å². The number of aromatic nitrogens is 3. The van der Waals surface area contributed by atoms with Gasteiger partial charge in [-0.05, 0) is 26.0 Å². The molecule has 0 aromatic carbocycles. The lowest BCUT2D eigenvalue weighted by molar-refractivity contribution is 0.0832. The van der Waals surface area contributed by atoms with Crippen molar-refractivity contribution >= 4 is 33.4 Å². The summed E-state index contributed by atoms with van der Waals surface area (Å²) in [5.74, 6) is -0.359. The number of thiophene rings is 1. The van der Waals surface area contributed by atoms with Crippen molar-refractivity contribution in [3.8, 4) is 11.4 Å². The highest BCUT2D eigenvalue weighted by Crippen LogP contribution is 2.30. The van der Waals surface area contributed by atoms with Crippen LogP contribution >= 0.6 is 11.3 Å². The van der Waals surface area contributed by atoms with E-state index >= 15 is 0 Å². The largest absolute Gasteiger partial charge is 0.352 e. The van der Waals surface area contributed by atoms with E-state index in [0.29, 0.717) is 17.1 Å². The normalized spacial score (nSPS) is 11.6. The van der Waals surface area contributed by atoms with Crippen molar-refractivity contribution in [2.45, 2.75) is 19.4 Å². The van der Waals surface area contributed by atoms with Crippen molar-refractivity contribution in [3.05, 3.63) is 35.1 Å². The minimum absolute atomic E-state index is 0.0348. The molecule has 0 saturated carbocycles. The van der Waals surface area contributed by atoms with Crippen molar-refractivity contribution in [2.75, 3.05) is 20.6 Å². The summed E-state index contributed by atoms with van der Waals surface area (Å²) in [7, 11) is 3.44. The standard InChI is InChI=1S/C18H22N6O2S/c1-18(2,19)9-21-16(25)13-8-20-7-12(23-13)10-5-14-11(22-10)6-15(27-14)17(26)24(3)4/h5-8,22H,9,19H2,1-4H3,(H,21,25). The molecule has 0 bridgehead atoms. The lowest BCUT2D eigenvalue weighted by atomic mass is 10.1. The molecule has 8 nitrogen and oxygen atoms in total. The van der Waals surface area contributed by atoms with E-state index in [1.165, 1.54) is 17.5 Å². The molecule has 0 fully saturated rings. The molecule has 3 heterocycles. The Kier molecular flexibility index (Phi) is 4.99. The van der Waals surface area contributed by atoms with Gasteiger partial charge in [0.1, 0.15) is 11.4 Å². The minimum atomic E-state index is -0.508. The number of H-pyrrole nitrogens is 1. The number of hydrogen-bond acceptors (Lipinski definition) is 6. The van der Waals surface area contributed by atoms with Gasteiger partial charge in [-0.1, -0.05) is 0 Å². The van der Waals surface area contributed by atoms with E-state index in [4.69, 9.17) is 5.73 Å². The van der Waals surface area contributed by atoms with Crippen molar-refractivity contribution in [1.82, 2.24) is 25.2 Å². The second-order valence-electron chi connectivity index (χ2n) is 7.23. The molecule has 3 aromatic rings. The number of amides is 2. The van der Waals surface area contributed by atoms with Gasteiger partial charge in [-0.3, -0.25) is 14.6 Å². The van der Waals surface area contributed by atoms with Crippen LogP contribution in [0.2, 0.25) is 0 Å². The molecular formula is C18H22N6O2S. The molecule has 0 aliphatic carbocycles. The van der Waals surface area contributed by atoms with Crippen LogP contribution in [-0.2, 0) is 0 Å². The smallest absolute Gasteiger partial charge is 0.271 e. The first-order valence-electron chi connectivity index (χ1n) is 8.38. The first kappa shape index (κ1) is 19.0. The fraction of sp³-hybridized carbons (Fsp3) is 0.333. The maximum Gasteiger partial charge on any atom is 0.271 e. The maximum absolute atomic E-state index is 12.3. The van der Waals surface area contributed by atoms with Crippen molar-refractivity contribution in [2.24, 2.45) is 5.73 Å². The molecule has 9 heteroatoms. The third-order valence-corrected chi connectivity index (χ3v) is 4.84. The lowest BCUT2D eigenvalue weighted by Gasteiger charge is -2.18. The van der Waals surface area contributed by atoms with Gasteiger partial charge >= 0.3 is 0 Å². The quantitative estimate of drug-likeness (QED) is 0.619. The minimum Gasteiger partial charge on any atom is -0.352 e. The van der Waals surface area contributed by atoms with Crippen LogP contribution in [-0.4, -0.2) is 57.8 Å². The maximum atomic E-state index is 12.3. The van der Waals surface area contributed by atoms with E-state index in [9.17, 15) is 9.59 Å². The van der Waals surface area contributed by atoms with Gasteiger partial charge in [0, 0.05) is 26.2 Å². The van der Waals surface area contributed by atoms with E-state index < -0.39 is 5.54 Å². The van der Waals surface area contributed by atoms with E-state index in [0.717, 1.165) is 15.9 Å². The summed E-state index contributed by atoms with van der Waals surface area (Å²) in [5.41, 5.74) is 7.74. The third-order valence-electron chi connectivity index (χ3n) is 3.77.